The van der Waals surface area contributed by atoms with E-state index in [-0.39, 0.29) is 6.04 Å². The van der Waals surface area contributed by atoms with Crippen LogP contribution in [0.4, 0.5) is 0 Å². The van der Waals surface area contributed by atoms with E-state index in [1.54, 1.807) is 0 Å². The van der Waals surface area contributed by atoms with E-state index in [1.165, 1.54) is 38.5 Å². The molecule has 3 nitrogen and oxygen atoms in total. The average Bonchev–Trinajstić information content (AvgIpc) is 2.71. The molecule has 0 amide bonds. The molecule has 2 N–H and O–H groups in total. The Kier molecular flexibility index (Phi) is 6.16. The van der Waals surface area contributed by atoms with Crippen LogP contribution >= 0.6 is 0 Å². The van der Waals surface area contributed by atoms with Crippen molar-refractivity contribution in [3.63, 3.8) is 0 Å². The Bertz CT molecular complexity index is 278. The third-order valence-electron chi connectivity index (χ3n) is 2.96. The smallest absolute Gasteiger partial charge is 0.0948 e. The summed E-state index contributed by atoms with van der Waals surface area (Å²) in [4.78, 5) is 4.15. The Balaban J connectivity index is 2.19. The molecule has 1 aromatic heterocycles. The van der Waals surface area contributed by atoms with Crippen LogP contribution in [0.5, 0.6) is 0 Å². The molecule has 0 bridgehead atoms. The molecule has 3 heteroatoms. The second kappa shape index (κ2) is 7.44. The van der Waals surface area contributed by atoms with E-state index in [0.29, 0.717) is 0 Å². The van der Waals surface area contributed by atoms with Crippen LogP contribution in [-0.2, 0) is 6.54 Å². The maximum absolute atomic E-state index is 5.87. The molecule has 0 aliphatic heterocycles. The van der Waals surface area contributed by atoms with Crippen LogP contribution in [0.2, 0.25) is 0 Å². The number of nitrogens with zero attached hydrogens (tertiary/aromatic N) is 2. The molecule has 1 aromatic rings. The molecular weight excluding hydrogens is 198 g/mol. The lowest BCUT2D eigenvalue weighted by molar-refractivity contribution is 0.539. The van der Waals surface area contributed by atoms with Crippen molar-refractivity contribution in [3.05, 3.63) is 18.2 Å². The fourth-order valence-corrected chi connectivity index (χ4v) is 1.96. The number of hydrogen-bond donors (Lipinski definition) is 1. The summed E-state index contributed by atoms with van der Waals surface area (Å²) in [5, 5.41) is 0. The van der Waals surface area contributed by atoms with Gasteiger partial charge in [-0.1, -0.05) is 39.0 Å². The third kappa shape index (κ3) is 4.35. The van der Waals surface area contributed by atoms with Crippen molar-refractivity contribution >= 4 is 0 Å². The summed E-state index contributed by atoms with van der Waals surface area (Å²) in [6, 6.07) is 0.0857. The molecule has 0 spiro atoms. The van der Waals surface area contributed by atoms with Gasteiger partial charge in [0.05, 0.1) is 12.0 Å². The van der Waals surface area contributed by atoms with Crippen LogP contribution < -0.4 is 5.73 Å². The molecule has 1 heterocycles. The number of nitrogens with two attached hydrogens (primary N) is 1. The molecule has 16 heavy (non-hydrogen) atoms. The van der Waals surface area contributed by atoms with Gasteiger partial charge in [0.2, 0.25) is 0 Å². The van der Waals surface area contributed by atoms with Crippen molar-refractivity contribution in [2.45, 2.75) is 65.0 Å². The Morgan fingerprint density at radius 2 is 1.94 bits per heavy atom. The zero-order valence-electron chi connectivity index (χ0n) is 10.7. The molecule has 0 fully saturated rings. The van der Waals surface area contributed by atoms with E-state index in [0.717, 1.165) is 12.2 Å². The fourth-order valence-electron chi connectivity index (χ4n) is 1.96. The summed E-state index contributed by atoms with van der Waals surface area (Å²) in [6.45, 7) is 5.32. The number of rotatable bonds is 8. The van der Waals surface area contributed by atoms with Crippen molar-refractivity contribution in [2.75, 3.05) is 0 Å². The van der Waals surface area contributed by atoms with Crippen molar-refractivity contribution in [3.8, 4) is 0 Å². The van der Waals surface area contributed by atoms with Crippen molar-refractivity contribution in [1.29, 1.82) is 0 Å². The summed E-state index contributed by atoms with van der Waals surface area (Å²) in [5.74, 6) is 0. The Morgan fingerprint density at radius 3 is 2.62 bits per heavy atom. The highest BCUT2D eigenvalue weighted by molar-refractivity contribution is 5.02. The van der Waals surface area contributed by atoms with Gasteiger partial charge in [-0.2, -0.15) is 0 Å². The highest BCUT2D eigenvalue weighted by atomic mass is 15.1. The minimum absolute atomic E-state index is 0.0857. The predicted octanol–water partition coefficient (Wildman–Crippen LogP) is 3.26. The van der Waals surface area contributed by atoms with E-state index in [4.69, 9.17) is 5.73 Å². The molecular formula is C13H25N3. The molecule has 0 radical (unpaired) electrons. The van der Waals surface area contributed by atoms with Gasteiger partial charge in [-0.3, -0.25) is 0 Å². The lowest BCUT2D eigenvalue weighted by atomic mass is 10.1. The van der Waals surface area contributed by atoms with Crippen molar-refractivity contribution in [2.24, 2.45) is 5.73 Å². The van der Waals surface area contributed by atoms with Crippen LogP contribution in [0.1, 0.15) is 64.1 Å². The van der Waals surface area contributed by atoms with Crippen LogP contribution in [0, 0.1) is 0 Å². The lowest BCUT2D eigenvalue weighted by Crippen LogP contribution is -2.11. The van der Waals surface area contributed by atoms with Crippen LogP contribution in [0.25, 0.3) is 0 Å². The SMILES string of the molecule is CCCCCCCCn1cncc1C(C)N. The standard InChI is InChI=1S/C13H25N3/c1-3-4-5-6-7-8-9-16-11-15-10-13(16)12(2)14/h10-12H,3-9,14H2,1-2H3. The zero-order chi connectivity index (χ0) is 11.8. The van der Waals surface area contributed by atoms with Gasteiger partial charge in [0.15, 0.2) is 0 Å². The van der Waals surface area contributed by atoms with Gasteiger partial charge < -0.3 is 10.3 Å². The lowest BCUT2D eigenvalue weighted by Gasteiger charge is -2.10. The first-order valence-electron chi connectivity index (χ1n) is 6.51. The Labute approximate surface area is 99.1 Å². The first-order chi connectivity index (χ1) is 7.75. The maximum Gasteiger partial charge on any atom is 0.0948 e. The second-order valence-electron chi connectivity index (χ2n) is 4.57. The molecule has 0 aromatic carbocycles. The van der Waals surface area contributed by atoms with Crippen molar-refractivity contribution < 1.29 is 0 Å². The van der Waals surface area contributed by atoms with Gasteiger partial charge in [-0.15, -0.1) is 0 Å². The average molecular weight is 223 g/mol. The highest BCUT2D eigenvalue weighted by Crippen LogP contribution is 2.11. The molecule has 0 saturated carbocycles. The number of imidazole rings is 1. The molecule has 1 rings (SSSR count). The molecule has 1 atom stereocenters. The summed E-state index contributed by atoms with van der Waals surface area (Å²) in [5.41, 5.74) is 7.01. The van der Waals surface area contributed by atoms with E-state index in [1.807, 2.05) is 19.4 Å². The molecule has 0 aliphatic rings. The van der Waals surface area contributed by atoms with Crippen LogP contribution in [0.3, 0.4) is 0 Å². The normalized spacial score (nSPS) is 12.9. The van der Waals surface area contributed by atoms with Crippen LogP contribution in [0.15, 0.2) is 12.5 Å². The zero-order valence-corrected chi connectivity index (χ0v) is 10.7. The number of unbranched alkanes of at least 4 members (excludes halogenated alkanes) is 5. The first kappa shape index (κ1) is 13.2. The fraction of sp³-hybridized carbons (Fsp3) is 0.769. The summed E-state index contributed by atoms with van der Waals surface area (Å²) >= 11 is 0. The number of aryl methyl sites for hydroxylation is 1. The van der Waals surface area contributed by atoms with E-state index < -0.39 is 0 Å². The van der Waals surface area contributed by atoms with Crippen molar-refractivity contribution in [1.82, 2.24) is 9.55 Å². The summed E-state index contributed by atoms with van der Waals surface area (Å²) < 4.78 is 2.19. The minimum atomic E-state index is 0.0857. The summed E-state index contributed by atoms with van der Waals surface area (Å²) in [7, 11) is 0. The van der Waals surface area contributed by atoms with E-state index >= 15 is 0 Å². The van der Waals surface area contributed by atoms with E-state index in [2.05, 4.69) is 16.5 Å². The van der Waals surface area contributed by atoms with Gasteiger partial charge in [0, 0.05) is 18.8 Å². The second-order valence-corrected chi connectivity index (χ2v) is 4.57. The van der Waals surface area contributed by atoms with Gasteiger partial charge >= 0.3 is 0 Å². The monoisotopic (exact) mass is 223 g/mol. The topological polar surface area (TPSA) is 43.8 Å². The predicted molar refractivity (Wildman–Crippen MR) is 68.2 cm³/mol. The van der Waals surface area contributed by atoms with Gasteiger partial charge in [0.1, 0.15) is 0 Å². The molecule has 0 aliphatic carbocycles. The minimum Gasteiger partial charge on any atom is -0.333 e. The third-order valence-corrected chi connectivity index (χ3v) is 2.96. The van der Waals surface area contributed by atoms with Gasteiger partial charge in [-0.25, -0.2) is 4.98 Å². The quantitative estimate of drug-likeness (QED) is 0.687. The Hall–Kier alpha value is -0.830. The molecule has 92 valence electrons. The Morgan fingerprint density at radius 1 is 1.25 bits per heavy atom. The number of aromatic nitrogens is 2. The molecule has 0 saturated heterocycles. The van der Waals surface area contributed by atoms with Gasteiger partial charge in [0.25, 0.3) is 0 Å². The maximum atomic E-state index is 5.87. The molecule has 1 unspecified atom stereocenters. The first-order valence-corrected chi connectivity index (χ1v) is 6.51. The highest BCUT2D eigenvalue weighted by Gasteiger charge is 2.05. The number of hydrogen-bond acceptors (Lipinski definition) is 2. The van der Waals surface area contributed by atoms with E-state index in [9.17, 15) is 0 Å². The largest absolute Gasteiger partial charge is 0.333 e. The summed E-state index contributed by atoms with van der Waals surface area (Å²) in [6.07, 6.45) is 11.7. The van der Waals surface area contributed by atoms with Gasteiger partial charge in [-0.05, 0) is 13.3 Å². The van der Waals surface area contributed by atoms with Crippen LogP contribution in [-0.4, -0.2) is 9.55 Å².